The van der Waals surface area contributed by atoms with E-state index in [0.717, 1.165) is 60.8 Å². The fourth-order valence-electron chi connectivity index (χ4n) is 7.73. The van der Waals surface area contributed by atoms with Gasteiger partial charge in [0, 0.05) is 27.1 Å². The molecule has 8 aromatic rings. The lowest BCUT2D eigenvalue weighted by atomic mass is 9.86. The molecule has 0 aliphatic rings. The lowest BCUT2D eigenvalue weighted by Gasteiger charge is -2.23. The van der Waals surface area contributed by atoms with Crippen LogP contribution >= 0.6 is 0 Å². The first-order chi connectivity index (χ1) is 25.6. The molecule has 54 heavy (non-hydrogen) atoms. The zero-order valence-electron chi connectivity index (χ0n) is 30.9. The van der Waals surface area contributed by atoms with E-state index in [9.17, 15) is 10.5 Å². The SMILES string of the molecule is CC(C)(C)c1ccc2c3ccccc3n(-c3cc(-c4ccc(C#N)cc4C(F)(F)F)c(-n4c5ccccc5c5ccc(C(C)(C)C)cc54)cc3C#N)c2c1. The maximum atomic E-state index is 15.1. The van der Waals surface area contributed by atoms with E-state index >= 15 is 13.2 Å². The highest BCUT2D eigenvalue weighted by atomic mass is 19.4. The van der Waals surface area contributed by atoms with Crippen LogP contribution in [0.1, 0.15) is 69.4 Å². The topological polar surface area (TPSA) is 57.4 Å². The van der Waals surface area contributed by atoms with Gasteiger partial charge in [0.25, 0.3) is 0 Å². The van der Waals surface area contributed by atoms with Gasteiger partial charge in [-0.15, -0.1) is 0 Å². The summed E-state index contributed by atoms with van der Waals surface area (Å²) in [7, 11) is 0. The summed E-state index contributed by atoms with van der Waals surface area (Å²) in [6.07, 6.45) is -4.78. The first-order valence-electron chi connectivity index (χ1n) is 17.9. The molecule has 0 unspecified atom stereocenters. The van der Waals surface area contributed by atoms with E-state index in [4.69, 9.17) is 0 Å². The van der Waals surface area contributed by atoms with Crippen LogP contribution in [0.25, 0.3) is 66.1 Å². The molecular formula is C47H37F3N4. The average Bonchev–Trinajstić information content (AvgIpc) is 3.65. The molecule has 0 radical (unpaired) electrons. The summed E-state index contributed by atoms with van der Waals surface area (Å²) >= 11 is 0. The summed E-state index contributed by atoms with van der Waals surface area (Å²) in [5, 5.41) is 24.5. The highest BCUT2D eigenvalue weighted by molar-refractivity contribution is 6.11. The molecule has 4 nitrogen and oxygen atoms in total. The molecule has 0 fully saturated rings. The van der Waals surface area contributed by atoms with Gasteiger partial charge >= 0.3 is 6.18 Å². The third-order valence-electron chi connectivity index (χ3n) is 10.5. The molecule has 2 heterocycles. The van der Waals surface area contributed by atoms with Gasteiger partial charge in [-0.25, -0.2) is 0 Å². The highest BCUT2D eigenvalue weighted by Gasteiger charge is 2.35. The van der Waals surface area contributed by atoms with Crippen LogP contribution in [0.4, 0.5) is 13.2 Å². The number of aromatic nitrogens is 2. The number of para-hydroxylation sites is 2. The fourth-order valence-corrected chi connectivity index (χ4v) is 7.73. The third-order valence-corrected chi connectivity index (χ3v) is 10.5. The van der Waals surface area contributed by atoms with Crippen molar-refractivity contribution in [2.75, 3.05) is 0 Å². The number of hydrogen-bond donors (Lipinski definition) is 0. The number of halogens is 3. The largest absolute Gasteiger partial charge is 0.417 e. The molecule has 0 atom stereocenters. The molecule has 0 amide bonds. The minimum Gasteiger partial charge on any atom is -0.309 e. The Hall–Kier alpha value is -6.31. The second kappa shape index (κ2) is 12.1. The number of alkyl halides is 3. The fraction of sp³-hybridized carbons (Fsp3) is 0.191. The number of nitriles is 2. The van der Waals surface area contributed by atoms with Crippen molar-refractivity contribution in [3.8, 4) is 34.6 Å². The van der Waals surface area contributed by atoms with Crippen molar-refractivity contribution in [2.45, 2.75) is 58.5 Å². The van der Waals surface area contributed by atoms with Crippen molar-refractivity contribution in [3.05, 3.63) is 143 Å². The van der Waals surface area contributed by atoms with Crippen molar-refractivity contribution < 1.29 is 13.2 Å². The Labute approximate surface area is 311 Å². The standard InChI is InChI=1S/C47H37F3N4/c1-45(2,3)30-16-19-35-33-11-7-9-13-39(33)53(43(35)23-30)41-25-37(32-18-15-28(26-51)21-38(32)47(48,49)50)42(22-29(41)27-52)54-40-14-10-8-12-34(40)36-20-17-31(24-44(36)54)46(4,5)6/h7-25H,1-6H3. The van der Waals surface area contributed by atoms with Crippen molar-refractivity contribution >= 4 is 43.6 Å². The molecule has 0 saturated heterocycles. The molecule has 8 rings (SSSR count). The van der Waals surface area contributed by atoms with E-state index in [2.05, 4.69) is 84.0 Å². The van der Waals surface area contributed by atoms with E-state index < -0.39 is 11.7 Å². The van der Waals surface area contributed by atoms with E-state index in [1.807, 2.05) is 63.7 Å². The molecule has 2 aromatic heterocycles. The molecule has 7 heteroatoms. The van der Waals surface area contributed by atoms with E-state index in [-0.39, 0.29) is 27.5 Å². The second-order valence-corrected chi connectivity index (χ2v) is 16.0. The summed E-state index contributed by atoms with van der Waals surface area (Å²) in [4.78, 5) is 0. The van der Waals surface area contributed by atoms with Gasteiger partial charge in [-0.3, -0.25) is 0 Å². The normalized spacial score (nSPS) is 12.5. The number of nitrogens with zero attached hydrogens (tertiary/aromatic N) is 4. The molecule has 0 bridgehead atoms. The van der Waals surface area contributed by atoms with Gasteiger partial charge in [0.05, 0.1) is 56.2 Å². The van der Waals surface area contributed by atoms with Gasteiger partial charge in [0.15, 0.2) is 0 Å². The second-order valence-electron chi connectivity index (χ2n) is 16.0. The summed E-state index contributed by atoms with van der Waals surface area (Å²) in [5.41, 5.74) is 5.41. The van der Waals surface area contributed by atoms with Crippen LogP contribution in [-0.4, -0.2) is 9.13 Å². The van der Waals surface area contributed by atoms with Crippen LogP contribution in [0, 0.1) is 22.7 Å². The molecular weight excluding hydrogens is 678 g/mol. The number of rotatable bonds is 3. The van der Waals surface area contributed by atoms with E-state index in [1.54, 1.807) is 12.1 Å². The Kier molecular flexibility index (Phi) is 7.80. The smallest absolute Gasteiger partial charge is 0.309 e. The van der Waals surface area contributed by atoms with Crippen molar-refractivity contribution in [3.63, 3.8) is 0 Å². The van der Waals surface area contributed by atoms with Crippen molar-refractivity contribution in [2.24, 2.45) is 0 Å². The average molecular weight is 715 g/mol. The van der Waals surface area contributed by atoms with Crippen LogP contribution in [0.2, 0.25) is 0 Å². The number of hydrogen-bond acceptors (Lipinski definition) is 2. The van der Waals surface area contributed by atoms with Gasteiger partial charge in [0.2, 0.25) is 0 Å². The predicted octanol–water partition coefficient (Wildman–Crippen LogP) is 12.9. The Balaban J connectivity index is 1.57. The highest BCUT2D eigenvalue weighted by Crippen LogP contribution is 2.45. The zero-order chi connectivity index (χ0) is 38.3. The van der Waals surface area contributed by atoms with Crippen molar-refractivity contribution in [1.29, 1.82) is 10.5 Å². The molecule has 0 spiro atoms. The monoisotopic (exact) mass is 714 g/mol. The van der Waals surface area contributed by atoms with Gasteiger partial charge in [0.1, 0.15) is 6.07 Å². The summed E-state index contributed by atoms with van der Waals surface area (Å²) in [6, 6.07) is 39.8. The summed E-state index contributed by atoms with van der Waals surface area (Å²) in [5.74, 6) is 0. The molecule has 0 N–H and O–H groups in total. The predicted molar refractivity (Wildman–Crippen MR) is 212 cm³/mol. The van der Waals surface area contributed by atoms with Gasteiger partial charge < -0.3 is 9.13 Å². The van der Waals surface area contributed by atoms with Crippen LogP contribution in [0.3, 0.4) is 0 Å². The molecule has 0 saturated carbocycles. The molecule has 266 valence electrons. The zero-order valence-corrected chi connectivity index (χ0v) is 30.9. The van der Waals surface area contributed by atoms with E-state index in [1.165, 1.54) is 12.1 Å². The summed E-state index contributed by atoms with van der Waals surface area (Å²) < 4.78 is 49.4. The number of benzene rings is 6. The molecule has 0 aliphatic carbocycles. The van der Waals surface area contributed by atoms with Crippen LogP contribution in [0.15, 0.2) is 115 Å². The van der Waals surface area contributed by atoms with Crippen LogP contribution in [-0.2, 0) is 17.0 Å². The lowest BCUT2D eigenvalue weighted by molar-refractivity contribution is -0.137. The lowest BCUT2D eigenvalue weighted by Crippen LogP contribution is -2.12. The number of fused-ring (bicyclic) bond motifs is 6. The Morgan fingerprint density at radius 2 is 0.981 bits per heavy atom. The van der Waals surface area contributed by atoms with Crippen LogP contribution in [0.5, 0.6) is 0 Å². The van der Waals surface area contributed by atoms with Crippen molar-refractivity contribution in [1.82, 2.24) is 9.13 Å². The maximum Gasteiger partial charge on any atom is 0.417 e. The Bertz CT molecular complexity index is 2910. The summed E-state index contributed by atoms with van der Waals surface area (Å²) in [6.45, 7) is 12.8. The Morgan fingerprint density at radius 1 is 0.481 bits per heavy atom. The third kappa shape index (κ3) is 5.51. The quantitative estimate of drug-likeness (QED) is 0.183. The minimum atomic E-state index is -4.78. The molecule has 6 aromatic carbocycles. The first kappa shape index (κ1) is 34.8. The van der Waals surface area contributed by atoms with Gasteiger partial charge in [-0.1, -0.05) is 108 Å². The maximum absolute atomic E-state index is 15.1. The van der Waals surface area contributed by atoms with Gasteiger partial charge in [-0.2, -0.15) is 23.7 Å². The Morgan fingerprint density at radius 3 is 1.46 bits per heavy atom. The minimum absolute atomic E-state index is 0.0868. The van der Waals surface area contributed by atoms with Gasteiger partial charge in [-0.05, 0) is 76.1 Å². The first-order valence-corrected chi connectivity index (χ1v) is 17.9. The van der Waals surface area contributed by atoms with Crippen LogP contribution < -0.4 is 0 Å². The van der Waals surface area contributed by atoms with E-state index in [0.29, 0.717) is 16.9 Å². The molecule has 0 aliphatic heterocycles.